The zero-order chi connectivity index (χ0) is 29.4. The molecule has 1 fully saturated rings. The average molecular weight is 576 g/mol. The number of amides is 3. The predicted molar refractivity (Wildman–Crippen MR) is 160 cm³/mol. The highest BCUT2D eigenvalue weighted by Crippen LogP contribution is 2.30. The van der Waals surface area contributed by atoms with Gasteiger partial charge in [-0.2, -0.15) is 0 Å². The summed E-state index contributed by atoms with van der Waals surface area (Å²) in [6, 6.07) is 22.8. The number of rotatable bonds is 11. The number of aliphatic hydroxyl groups excluding tert-OH is 1. The number of methoxy groups -OCH3 is 1. The van der Waals surface area contributed by atoms with Crippen LogP contribution in [0.5, 0.6) is 5.75 Å². The molecule has 3 aromatic carbocycles. The van der Waals surface area contributed by atoms with E-state index in [0.29, 0.717) is 17.9 Å². The van der Waals surface area contributed by atoms with Gasteiger partial charge in [0.1, 0.15) is 11.8 Å². The van der Waals surface area contributed by atoms with E-state index in [1.54, 1.807) is 19.2 Å². The molecule has 3 aromatic rings. The van der Waals surface area contributed by atoms with Crippen molar-refractivity contribution in [1.82, 2.24) is 15.5 Å². The minimum Gasteiger partial charge on any atom is -0.496 e. The fourth-order valence-corrected chi connectivity index (χ4v) is 6.14. The van der Waals surface area contributed by atoms with E-state index in [1.807, 2.05) is 80.6 Å². The molecular weight excluding hydrogens is 538 g/mol. The number of ether oxygens (including phenoxy) is 1. The molecule has 41 heavy (non-hydrogen) atoms. The topological polar surface area (TPSA) is 108 Å². The Labute approximate surface area is 245 Å². The number of para-hydroxylation sites is 1. The second kappa shape index (κ2) is 14.2. The number of nitrogens with zero attached hydrogens (tertiary/aromatic N) is 1. The number of aliphatic hydroxyl groups is 1. The van der Waals surface area contributed by atoms with Crippen LogP contribution in [0, 0.1) is 6.92 Å². The predicted octanol–water partition coefficient (Wildman–Crippen LogP) is 3.24. The first-order valence-corrected chi connectivity index (χ1v) is 14.7. The third-order valence-corrected chi connectivity index (χ3v) is 8.56. The molecule has 0 aliphatic carbocycles. The SMILES string of the molecule is COc1ccccc1CC(=O)N[C@@H](Cc1ccccc1)[C@H](O)C(=O)N1CSC(C)[C@H]1C(=O)NCc1ccccc1C. The Hall–Kier alpha value is -3.82. The van der Waals surface area contributed by atoms with E-state index in [1.165, 1.54) is 16.7 Å². The van der Waals surface area contributed by atoms with Crippen molar-refractivity contribution in [2.75, 3.05) is 13.0 Å². The van der Waals surface area contributed by atoms with Crippen LogP contribution >= 0.6 is 11.8 Å². The minimum atomic E-state index is -1.55. The van der Waals surface area contributed by atoms with Crippen LogP contribution in [0.2, 0.25) is 0 Å². The Balaban J connectivity index is 1.49. The number of hydrogen-bond donors (Lipinski definition) is 3. The number of nitrogens with one attached hydrogen (secondary N) is 2. The molecule has 4 atom stereocenters. The third-order valence-electron chi connectivity index (χ3n) is 7.35. The van der Waals surface area contributed by atoms with Gasteiger partial charge in [-0.3, -0.25) is 14.4 Å². The van der Waals surface area contributed by atoms with E-state index in [9.17, 15) is 19.5 Å². The minimum absolute atomic E-state index is 0.0246. The first kappa shape index (κ1) is 30.1. The fourth-order valence-electron chi connectivity index (χ4n) is 5.00. The van der Waals surface area contributed by atoms with Gasteiger partial charge in [-0.25, -0.2) is 0 Å². The van der Waals surface area contributed by atoms with Crippen molar-refractivity contribution < 1.29 is 24.2 Å². The molecule has 0 saturated carbocycles. The highest BCUT2D eigenvalue weighted by Gasteiger charge is 2.43. The summed E-state index contributed by atoms with van der Waals surface area (Å²) in [6.07, 6.45) is -1.28. The number of benzene rings is 3. The average Bonchev–Trinajstić information content (AvgIpc) is 3.37. The van der Waals surface area contributed by atoms with Gasteiger partial charge in [-0.05, 0) is 36.1 Å². The quantitative estimate of drug-likeness (QED) is 0.324. The molecule has 0 spiro atoms. The standard InChI is InChI=1S/C32H37N3O5S/c1-21-11-7-8-15-25(21)19-33-31(38)29-22(2)41-20-35(29)32(39)30(37)26(17-23-12-5-4-6-13-23)34-28(36)18-24-14-9-10-16-27(24)40-3/h4-16,22,26,29-30,37H,17-20H2,1-3H3,(H,33,38)(H,34,36)/t22?,26-,29-,30-/m0/s1. The second-order valence-corrected chi connectivity index (χ2v) is 11.5. The lowest BCUT2D eigenvalue weighted by Crippen LogP contribution is -2.57. The van der Waals surface area contributed by atoms with Gasteiger partial charge in [0.05, 0.1) is 25.4 Å². The van der Waals surface area contributed by atoms with Crippen LogP contribution in [0.25, 0.3) is 0 Å². The van der Waals surface area contributed by atoms with E-state index >= 15 is 0 Å². The van der Waals surface area contributed by atoms with Crippen LogP contribution in [0.4, 0.5) is 0 Å². The molecule has 1 saturated heterocycles. The molecule has 1 aliphatic heterocycles. The van der Waals surface area contributed by atoms with Gasteiger partial charge in [0, 0.05) is 17.4 Å². The lowest BCUT2D eigenvalue weighted by Gasteiger charge is -2.31. The summed E-state index contributed by atoms with van der Waals surface area (Å²) in [5, 5.41) is 17.1. The smallest absolute Gasteiger partial charge is 0.254 e. The maximum absolute atomic E-state index is 13.7. The van der Waals surface area contributed by atoms with E-state index in [2.05, 4.69) is 10.6 Å². The normalized spacial score (nSPS) is 17.9. The summed E-state index contributed by atoms with van der Waals surface area (Å²) >= 11 is 1.48. The Morgan fingerprint density at radius 3 is 2.37 bits per heavy atom. The summed E-state index contributed by atoms with van der Waals surface area (Å²) < 4.78 is 5.37. The summed E-state index contributed by atoms with van der Waals surface area (Å²) in [5.41, 5.74) is 3.62. The summed E-state index contributed by atoms with van der Waals surface area (Å²) in [7, 11) is 1.54. The lowest BCUT2D eigenvalue weighted by molar-refractivity contribution is -0.147. The summed E-state index contributed by atoms with van der Waals surface area (Å²) in [6.45, 7) is 4.23. The molecule has 1 aliphatic rings. The Morgan fingerprint density at radius 2 is 1.66 bits per heavy atom. The van der Waals surface area contributed by atoms with Crippen molar-refractivity contribution in [2.24, 2.45) is 0 Å². The molecule has 3 amide bonds. The van der Waals surface area contributed by atoms with Gasteiger partial charge in [0.25, 0.3) is 5.91 Å². The van der Waals surface area contributed by atoms with Crippen LogP contribution in [0.1, 0.15) is 29.2 Å². The second-order valence-electron chi connectivity index (χ2n) is 10.2. The highest BCUT2D eigenvalue weighted by atomic mass is 32.2. The number of carbonyl (C=O) groups is 3. The van der Waals surface area contributed by atoms with Crippen LogP contribution in [-0.4, -0.2) is 64.2 Å². The van der Waals surface area contributed by atoms with Crippen molar-refractivity contribution in [2.45, 2.75) is 56.7 Å². The molecule has 3 N–H and O–H groups in total. The Morgan fingerprint density at radius 1 is 1.00 bits per heavy atom. The van der Waals surface area contributed by atoms with Crippen LogP contribution in [0.15, 0.2) is 78.9 Å². The maximum Gasteiger partial charge on any atom is 0.254 e. The third kappa shape index (κ3) is 7.68. The molecular formula is C32H37N3O5S. The maximum atomic E-state index is 13.7. The van der Waals surface area contributed by atoms with Crippen molar-refractivity contribution in [3.63, 3.8) is 0 Å². The van der Waals surface area contributed by atoms with Crippen molar-refractivity contribution in [1.29, 1.82) is 0 Å². The van der Waals surface area contributed by atoms with Gasteiger partial charge in [0.15, 0.2) is 6.10 Å². The Kier molecular flexibility index (Phi) is 10.4. The zero-order valence-electron chi connectivity index (χ0n) is 23.6. The first-order chi connectivity index (χ1) is 19.8. The molecule has 1 heterocycles. The Bertz CT molecular complexity index is 1350. The molecule has 0 aromatic heterocycles. The molecule has 8 nitrogen and oxygen atoms in total. The molecule has 4 rings (SSSR count). The van der Waals surface area contributed by atoms with Gasteiger partial charge in [-0.15, -0.1) is 11.8 Å². The van der Waals surface area contributed by atoms with Crippen LogP contribution in [0.3, 0.4) is 0 Å². The van der Waals surface area contributed by atoms with E-state index in [-0.39, 0.29) is 35.8 Å². The van der Waals surface area contributed by atoms with E-state index in [0.717, 1.165) is 16.7 Å². The van der Waals surface area contributed by atoms with Crippen LogP contribution < -0.4 is 15.4 Å². The van der Waals surface area contributed by atoms with Gasteiger partial charge >= 0.3 is 0 Å². The molecule has 9 heteroatoms. The monoisotopic (exact) mass is 575 g/mol. The summed E-state index contributed by atoms with van der Waals surface area (Å²) in [5.74, 6) is -0.352. The van der Waals surface area contributed by atoms with E-state index < -0.39 is 24.1 Å². The molecule has 216 valence electrons. The van der Waals surface area contributed by atoms with Crippen LogP contribution in [-0.2, 0) is 33.8 Å². The van der Waals surface area contributed by atoms with Crippen molar-refractivity contribution >= 4 is 29.5 Å². The number of aryl methyl sites for hydroxylation is 1. The fraction of sp³-hybridized carbons (Fsp3) is 0.344. The first-order valence-electron chi connectivity index (χ1n) is 13.7. The molecule has 0 bridgehead atoms. The van der Waals surface area contributed by atoms with Gasteiger partial charge in [0.2, 0.25) is 11.8 Å². The number of carbonyl (C=O) groups excluding carboxylic acids is 3. The van der Waals surface area contributed by atoms with Gasteiger partial charge in [-0.1, -0.05) is 79.7 Å². The summed E-state index contributed by atoms with van der Waals surface area (Å²) in [4.78, 5) is 41.6. The highest BCUT2D eigenvalue weighted by molar-refractivity contribution is 8.00. The lowest BCUT2D eigenvalue weighted by atomic mass is 9.99. The van der Waals surface area contributed by atoms with E-state index in [4.69, 9.17) is 4.74 Å². The molecule has 1 unspecified atom stereocenters. The zero-order valence-corrected chi connectivity index (χ0v) is 24.4. The van der Waals surface area contributed by atoms with Crippen molar-refractivity contribution in [3.8, 4) is 5.75 Å². The van der Waals surface area contributed by atoms with Gasteiger partial charge < -0.3 is 25.4 Å². The largest absolute Gasteiger partial charge is 0.496 e. The number of hydrogen-bond acceptors (Lipinski definition) is 6. The molecule has 0 radical (unpaired) electrons. The van der Waals surface area contributed by atoms with Crippen molar-refractivity contribution in [3.05, 3.63) is 101 Å². The number of thioether (sulfide) groups is 1.